The molecule has 0 bridgehead atoms. The maximum Gasteiger partial charge on any atom is 0.423 e. The lowest BCUT2D eigenvalue weighted by Gasteiger charge is -2.05. The normalized spacial score (nSPS) is 11.9. The standard InChI is InChI=1S/C5H14NO4P/c1-2-3-4-5-10-6-11(7,8)9/h2-5H2,1H3,(H3,6,7,8,9). The SMILES string of the molecule is CCCCCONP(=O)(O)O. The number of unbranched alkanes of at least 4 members (excludes halogenated alkanes) is 2. The number of rotatable bonds is 6. The largest absolute Gasteiger partial charge is 0.423 e. The summed E-state index contributed by atoms with van der Waals surface area (Å²) in [6, 6.07) is 0. The lowest BCUT2D eigenvalue weighted by molar-refractivity contribution is 0.0701. The van der Waals surface area contributed by atoms with Gasteiger partial charge in [0.2, 0.25) is 0 Å². The Morgan fingerprint density at radius 1 is 1.45 bits per heavy atom. The summed E-state index contributed by atoms with van der Waals surface area (Å²) in [5, 5.41) is 1.65. The summed E-state index contributed by atoms with van der Waals surface area (Å²) in [5.74, 6) is 0. The van der Waals surface area contributed by atoms with Crippen molar-refractivity contribution in [3.05, 3.63) is 0 Å². The zero-order valence-electron chi connectivity index (χ0n) is 6.49. The monoisotopic (exact) mass is 183 g/mol. The first kappa shape index (κ1) is 11.1. The van der Waals surface area contributed by atoms with Gasteiger partial charge in [-0.2, -0.15) is 0 Å². The molecule has 0 aliphatic heterocycles. The van der Waals surface area contributed by atoms with Crippen molar-refractivity contribution in [2.75, 3.05) is 6.61 Å². The summed E-state index contributed by atoms with van der Waals surface area (Å²) in [7, 11) is -4.19. The number of nitrogens with one attached hydrogen (secondary N) is 1. The zero-order chi connectivity index (χ0) is 8.74. The molecule has 11 heavy (non-hydrogen) atoms. The van der Waals surface area contributed by atoms with E-state index in [0.29, 0.717) is 6.61 Å². The van der Waals surface area contributed by atoms with Crippen LogP contribution in [0.3, 0.4) is 0 Å². The van der Waals surface area contributed by atoms with E-state index in [1.165, 1.54) is 0 Å². The molecule has 68 valence electrons. The molecule has 0 aliphatic carbocycles. The van der Waals surface area contributed by atoms with Gasteiger partial charge in [-0.3, -0.25) is 4.84 Å². The predicted octanol–water partition coefficient (Wildman–Crippen LogP) is 0.790. The number of hydrogen-bond acceptors (Lipinski definition) is 2. The Balaban J connectivity index is 3.09. The molecule has 0 aromatic carbocycles. The third-order valence-corrected chi connectivity index (χ3v) is 1.40. The van der Waals surface area contributed by atoms with Crippen molar-refractivity contribution in [3.63, 3.8) is 0 Å². The van der Waals surface area contributed by atoms with Crippen LogP contribution < -0.4 is 5.25 Å². The molecular weight excluding hydrogens is 169 g/mol. The van der Waals surface area contributed by atoms with Crippen LogP contribution in [0.25, 0.3) is 0 Å². The van der Waals surface area contributed by atoms with Gasteiger partial charge in [-0.1, -0.05) is 19.8 Å². The Morgan fingerprint density at radius 2 is 2.09 bits per heavy atom. The highest BCUT2D eigenvalue weighted by molar-refractivity contribution is 7.49. The van der Waals surface area contributed by atoms with E-state index in [-0.39, 0.29) is 0 Å². The summed E-state index contributed by atoms with van der Waals surface area (Å²) in [4.78, 5) is 21.0. The van der Waals surface area contributed by atoms with E-state index >= 15 is 0 Å². The topological polar surface area (TPSA) is 78.8 Å². The highest BCUT2D eigenvalue weighted by Crippen LogP contribution is 2.27. The van der Waals surface area contributed by atoms with Gasteiger partial charge in [-0.25, -0.2) is 4.57 Å². The molecule has 0 amide bonds. The van der Waals surface area contributed by atoms with Crippen molar-refractivity contribution in [3.8, 4) is 0 Å². The minimum atomic E-state index is -4.19. The first-order valence-electron chi connectivity index (χ1n) is 3.51. The van der Waals surface area contributed by atoms with Crippen LogP contribution in [0.5, 0.6) is 0 Å². The van der Waals surface area contributed by atoms with Crippen LogP contribution in [0, 0.1) is 0 Å². The molecule has 0 saturated carbocycles. The molecule has 0 saturated heterocycles. The molecule has 0 fully saturated rings. The Hall–Kier alpha value is 0.0700. The van der Waals surface area contributed by atoms with Gasteiger partial charge in [0.05, 0.1) is 6.61 Å². The second kappa shape index (κ2) is 5.69. The van der Waals surface area contributed by atoms with E-state index in [1.54, 1.807) is 5.25 Å². The maximum absolute atomic E-state index is 10.1. The van der Waals surface area contributed by atoms with Crippen molar-refractivity contribution in [1.29, 1.82) is 0 Å². The minimum Gasteiger partial charge on any atom is -0.311 e. The van der Waals surface area contributed by atoms with Crippen LogP contribution in [0.4, 0.5) is 0 Å². The first-order chi connectivity index (χ1) is 5.06. The number of hydrogen-bond donors (Lipinski definition) is 3. The van der Waals surface area contributed by atoms with E-state index in [2.05, 4.69) is 4.84 Å². The van der Waals surface area contributed by atoms with Gasteiger partial charge in [-0.05, 0) is 6.42 Å². The molecule has 0 atom stereocenters. The molecular formula is C5H14NO4P. The highest BCUT2D eigenvalue weighted by atomic mass is 31.2. The summed E-state index contributed by atoms with van der Waals surface area (Å²) < 4.78 is 10.1. The van der Waals surface area contributed by atoms with E-state index in [9.17, 15) is 4.57 Å². The van der Waals surface area contributed by atoms with Crippen molar-refractivity contribution >= 4 is 7.75 Å². The minimum absolute atomic E-state index is 0.332. The molecule has 0 unspecified atom stereocenters. The molecule has 0 aliphatic rings. The summed E-state index contributed by atoms with van der Waals surface area (Å²) in [6.45, 7) is 2.37. The quantitative estimate of drug-likeness (QED) is 0.322. The van der Waals surface area contributed by atoms with Crippen LogP contribution >= 0.6 is 7.75 Å². The lowest BCUT2D eigenvalue weighted by atomic mass is 10.3. The van der Waals surface area contributed by atoms with Crippen LogP contribution in [0.1, 0.15) is 26.2 Å². The molecule has 0 spiro atoms. The van der Waals surface area contributed by atoms with E-state index in [0.717, 1.165) is 19.3 Å². The zero-order valence-corrected chi connectivity index (χ0v) is 7.38. The van der Waals surface area contributed by atoms with Gasteiger partial charge >= 0.3 is 7.75 Å². The highest BCUT2D eigenvalue weighted by Gasteiger charge is 2.10. The smallest absolute Gasteiger partial charge is 0.311 e. The van der Waals surface area contributed by atoms with Gasteiger partial charge in [0, 0.05) is 0 Å². The van der Waals surface area contributed by atoms with Gasteiger partial charge in [0.15, 0.2) is 0 Å². The molecule has 0 heterocycles. The van der Waals surface area contributed by atoms with Gasteiger partial charge in [0.1, 0.15) is 0 Å². The van der Waals surface area contributed by atoms with Gasteiger partial charge < -0.3 is 9.79 Å². The molecule has 0 aromatic rings. The van der Waals surface area contributed by atoms with E-state index in [1.807, 2.05) is 6.92 Å². The Morgan fingerprint density at radius 3 is 2.55 bits per heavy atom. The fourth-order valence-electron chi connectivity index (χ4n) is 0.554. The van der Waals surface area contributed by atoms with Crippen LogP contribution in [0.2, 0.25) is 0 Å². The molecule has 0 aromatic heterocycles. The maximum atomic E-state index is 10.1. The Kier molecular flexibility index (Phi) is 5.72. The van der Waals surface area contributed by atoms with Crippen molar-refractivity contribution in [2.45, 2.75) is 26.2 Å². The van der Waals surface area contributed by atoms with Crippen LogP contribution in [-0.4, -0.2) is 16.4 Å². The second-order valence-corrected chi connectivity index (χ2v) is 3.46. The van der Waals surface area contributed by atoms with Crippen molar-refractivity contribution < 1.29 is 19.2 Å². The summed E-state index contributed by atoms with van der Waals surface area (Å²) >= 11 is 0. The molecule has 0 radical (unpaired) electrons. The van der Waals surface area contributed by atoms with Crippen LogP contribution in [0.15, 0.2) is 0 Å². The van der Waals surface area contributed by atoms with Crippen molar-refractivity contribution in [1.82, 2.24) is 5.25 Å². The lowest BCUT2D eigenvalue weighted by Crippen LogP contribution is -2.11. The van der Waals surface area contributed by atoms with Crippen LogP contribution in [-0.2, 0) is 9.40 Å². The first-order valence-corrected chi connectivity index (χ1v) is 5.12. The fourth-order valence-corrected chi connectivity index (χ4v) is 0.813. The van der Waals surface area contributed by atoms with Gasteiger partial charge in [-0.15, -0.1) is 5.25 Å². The summed E-state index contributed by atoms with van der Waals surface area (Å²) in [5.41, 5.74) is 0. The average Bonchev–Trinajstić information content (AvgIpc) is 1.85. The van der Waals surface area contributed by atoms with E-state index in [4.69, 9.17) is 9.79 Å². The average molecular weight is 183 g/mol. The Bertz CT molecular complexity index is 134. The van der Waals surface area contributed by atoms with Crippen molar-refractivity contribution in [2.24, 2.45) is 0 Å². The molecule has 0 rings (SSSR count). The second-order valence-electron chi connectivity index (χ2n) is 2.19. The third-order valence-electron chi connectivity index (χ3n) is 1.03. The molecule has 3 N–H and O–H groups in total. The predicted molar refractivity (Wildman–Crippen MR) is 40.7 cm³/mol. The molecule has 6 heteroatoms. The van der Waals surface area contributed by atoms with Gasteiger partial charge in [0.25, 0.3) is 0 Å². The summed E-state index contributed by atoms with van der Waals surface area (Å²) in [6.07, 6.45) is 2.87. The third kappa shape index (κ3) is 10.1. The molecule has 5 nitrogen and oxygen atoms in total. The Labute approximate surface area is 65.9 Å². The fraction of sp³-hybridized carbons (Fsp3) is 1.00. The van der Waals surface area contributed by atoms with E-state index < -0.39 is 7.75 Å².